The highest BCUT2D eigenvalue weighted by Gasteiger charge is 2.50. The third kappa shape index (κ3) is 2.02. The van der Waals surface area contributed by atoms with Crippen LogP contribution in [0.5, 0.6) is 5.75 Å². The number of benzene rings is 4. The van der Waals surface area contributed by atoms with Crippen molar-refractivity contribution < 1.29 is 9.53 Å². The predicted molar refractivity (Wildman–Crippen MR) is 103 cm³/mol. The minimum atomic E-state index is -1.14. The molecule has 1 atom stereocenters. The van der Waals surface area contributed by atoms with Crippen molar-refractivity contribution >= 4 is 16.6 Å². The second kappa shape index (κ2) is 5.57. The van der Waals surface area contributed by atoms with Crippen LogP contribution in [-0.2, 0) is 5.60 Å². The van der Waals surface area contributed by atoms with Crippen LogP contribution in [0.25, 0.3) is 10.8 Å². The van der Waals surface area contributed by atoms with Crippen molar-refractivity contribution in [3.05, 3.63) is 114 Å². The minimum absolute atomic E-state index is 0.0189. The molecule has 0 saturated carbocycles. The van der Waals surface area contributed by atoms with Crippen molar-refractivity contribution in [1.82, 2.24) is 0 Å². The average molecular weight is 336 g/mol. The van der Waals surface area contributed by atoms with Gasteiger partial charge < -0.3 is 4.74 Å². The first kappa shape index (κ1) is 14.9. The van der Waals surface area contributed by atoms with E-state index in [1.807, 2.05) is 72.8 Å². The predicted octanol–water partition coefficient (Wildman–Crippen LogP) is 5.36. The highest BCUT2D eigenvalue weighted by Crippen LogP contribution is 2.46. The molecule has 26 heavy (non-hydrogen) atoms. The third-order valence-corrected chi connectivity index (χ3v) is 5.05. The van der Waals surface area contributed by atoms with Crippen molar-refractivity contribution in [2.45, 2.75) is 5.60 Å². The SMILES string of the molecule is O=C1c2ccccc2O[C@@]1(c1ccccc1)c1ccc2ccccc2c1. The number of fused-ring (bicyclic) bond motifs is 2. The van der Waals surface area contributed by atoms with E-state index in [4.69, 9.17) is 4.74 Å². The number of hydrogen-bond donors (Lipinski definition) is 0. The molecule has 0 bridgehead atoms. The van der Waals surface area contributed by atoms with E-state index in [1.165, 1.54) is 0 Å². The lowest BCUT2D eigenvalue weighted by atomic mass is 9.81. The second-order valence-corrected chi connectivity index (χ2v) is 6.54. The lowest BCUT2D eigenvalue weighted by Crippen LogP contribution is -2.38. The molecule has 0 fully saturated rings. The van der Waals surface area contributed by atoms with Crippen LogP contribution in [0, 0.1) is 0 Å². The fourth-order valence-electron chi connectivity index (χ4n) is 3.77. The summed E-state index contributed by atoms with van der Waals surface area (Å²) in [5.41, 5.74) is 1.18. The standard InChI is InChI=1S/C24H16O2/c25-23-21-12-6-7-13-22(21)26-24(23,19-10-2-1-3-11-19)20-15-14-17-8-4-5-9-18(17)16-20/h1-16H/t24-/m0/s1. The lowest BCUT2D eigenvalue weighted by Gasteiger charge is -2.28. The Morgan fingerprint density at radius 2 is 1.31 bits per heavy atom. The Morgan fingerprint density at radius 3 is 2.12 bits per heavy atom. The van der Waals surface area contributed by atoms with Crippen molar-refractivity contribution in [1.29, 1.82) is 0 Å². The number of rotatable bonds is 2. The highest BCUT2D eigenvalue weighted by molar-refractivity contribution is 6.10. The largest absolute Gasteiger partial charge is 0.469 e. The first-order valence-electron chi connectivity index (χ1n) is 8.67. The molecule has 0 radical (unpaired) electrons. The van der Waals surface area contributed by atoms with Gasteiger partial charge in [0.15, 0.2) is 0 Å². The van der Waals surface area contributed by atoms with Gasteiger partial charge in [-0.2, -0.15) is 0 Å². The molecule has 0 amide bonds. The van der Waals surface area contributed by atoms with E-state index in [0.717, 1.165) is 21.9 Å². The van der Waals surface area contributed by atoms with E-state index in [9.17, 15) is 4.79 Å². The van der Waals surface area contributed by atoms with Gasteiger partial charge in [0.25, 0.3) is 0 Å². The Labute approximate surface area is 151 Å². The maximum atomic E-state index is 13.5. The number of para-hydroxylation sites is 1. The van der Waals surface area contributed by atoms with Gasteiger partial charge in [-0.05, 0) is 29.0 Å². The molecule has 0 unspecified atom stereocenters. The number of Topliss-reactive ketones (excluding diaryl/α,β-unsaturated/α-hetero) is 1. The normalized spacial score (nSPS) is 18.5. The van der Waals surface area contributed by atoms with E-state index in [2.05, 4.69) is 24.3 Å². The smallest absolute Gasteiger partial charge is 0.221 e. The van der Waals surface area contributed by atoms with Gasteiger partial charge in [-0.3, -0.25) is 4.79 Å². The molecule has 2 heteroatoms. The fourth-order valence-corrected chi connectivity index (χ4v) is 3.77. The molecule has 1 aliphatic rings. The zero-order chi connectivity index (χ0) is 17.6. The third-order valence-electron chi connectivity index (χ3n) is 5.05. The van der Waals surface area contributed by atoms with Gasteiger partial charge in [0, 0.05) is 11.1 Å². The summed E-state index contributed by atoms with van der Waals surface area (Å²) >= 11 is 0. The number of ether oxygens (including phenoxy) is 1. The minimum Gasteiger partial charge on any atom is -0.469 e. The molecule has 4 aromatic rings. The van der Waals surface area contributed by atoms with Gasteiger partial charge in [-0.1, -0.05) is 78.9 Å². The van der Waals surface area contributed by atoms with E-state index in [0.29, 0.717) is 11.3 Å². The van der Waals surface area contributed by atoms with E-state index in [-0.39, 0.29) is 5.78 Å². The summed E-state index contributed by atoms with van der Waals surface area (Å²) in [4.78, 5) is 13.5. The molecular weight excluding hydrogens is 320 g/mol. The maximum Gasteiger partial charge on any atom is 0.221 e. The molecule has 0 aromatic heterocycles. The highest BCUT2D eigenvalue weighted by atomic mass is 16.5. The first-order valence-corrected chi connectivity index (χ1v) is 8.67. The fraction of sp³-hybridized carbons (Fsp3) is 0.0417. The number of carbonyl (C=O) groups excluding carboxylic acids is 1. The monoisotopic (exact) mass is 336 g/mol. The van der Waals surface area contributed by atoms with Gasteiger partial charge in [-0.15, -0.1) is 0 Å². The summed E-state index contributed by atoms with van der Waals surface area (Å²) in [5.74, 6) is 0.615. The van der Waals surface area contributed by atoms with Crippen molar-refractivity contribution in [3.8, 4) is 5.75 Å². The molecule has 124 valence electrons. The van der Waals surface area contributed by atoms with E-state index < -0.39 is 5.60 Å². The molecule has 4 aromatic carbocycles. The summed E-state index contributed by atoms with van der Waals surface area (Å²) in [7, 11) is 0. The van der Waals surface area contributed by atoms with Crippen LogP contribution < -0.4 is 4.74 Å². The summed E-state index contributed by atoms with van der Waals surface area (Å²) < 4.78 is 6.38. The Kier molecular flexibility index (Phi) is 3.19. The van der Waals surface area contributed by atoms with Crippen molar-refractivity contribution in [3.63, 3.8) is 0 Å². The molecule has 1 heterocycles. The van der Waals surface area contributed by atoms with Gasteiger partial charge in [0.2, 0.25) is 11.4 Å². The Morgan fingerprint density at radius 1 is 0.615 bits per heavy atom. The van der Waals surface area contributed by atoms with Crippen LogP contribution in [0.2, 0.25) is 0 Å². The lowest BCUT2D eigenvalue weighted by molar-refractivity contribution is 0.0686. The summed E-state index contributed by atoms with van der Waals surface area (Å²) in [6.45, 7) is 0. The number of hydrogen-bond acceptors (Lipinski definition) is 2. The summed E-state index contributed by atoms with van der Waals surface area (Å²) in [5, 5.41) is 2.23. The van der Waals surface area contributed by atoms with Gasteiger partial charge in [-0.25, -0.2) is 0 Å². The van der Waals surface area contributed by atoms with Gasteiger partial charge in [0.1, 0.15) is 5.75 Å². The zero-order valence-electron chi connectivity index (χ0n) is 14.1. The number of ketones is 1. The van der Waals surface area contributed by atoms with Crippen LogP contribution in [0.3, 0.4) is 0 Å². The quantitative estimate of drug-likeness (QED) is 0.493. The molecule has 1 aliphatic heterocycles. The maximum absolute atomic E-state index is 13.5. The van der Waals surface area contributed by atoms with Crippen molar-refractivity contribution in [2.75, 3.05) is 0 Å². The summed E-state index contributed by atoms with van der Waals surface area (Å²) in [6.07, 6.45) is 0. The van der Waals surface area contributed by atoms with E-state index in [1.54, 1.807) is 0 Å². The van der Waals surface area contributed by atoms with Crippen LogP contribution in [-0.4, -0.2) is 5.78 Å². The van der Waals surface area contributed by atoms with Gasteiger partial charge in [0.05, 0.1) is 5.56 Å². The molecule has 2 nitrogen and oxygen atoms in total. The Balaban J connectivity index is 1.80. The van der Waals surface area contributed by atoms with Crippen molar-refractivity contribution in [2.24, 2.45) is 0 Å². The van der Waals surface area contributed by atoms with Crippen LogP contribution >= 0.6 is 0 Å². The first-order chi connectivity index (χ1) is 12.8. The molecular formula is C24H16O2. The molecule has 0 aliphatic carbocycles. The molecule has 0 spiro atoms. The van der Waals surface area contributed by atoms with Crippen LogP contribution in [0.15, 0.2) is 97.1 Å². The summed E-state index contributed by atoms with van der Waals surface area (Å²) in [6, 6.07) is 31.5. The molecule has 0 saturated heterocycles. The Bertz CT molecular complexity index is 1130. The van der Waals surface area contributed by atoms with Crippen LogP contribution in [0.1, 0.15) is 21.5 Å². The molecule has 0 N–H and O–H groups in total. The number of carbonyl (C=O) groups is 1. The molecule has 5 rings (SSSR count). The van der Waals surface area contributed by atoms with E-state index >= 15 is 0 Å². The average Bonchev–Trinajstić information content (AvgIpc) is 3.02. The Hall–Kier alpha value is -3.39. The second-order valence-electron chi connectivity index (χ2n) is 6.54. The van der Waals surface area contributed by atoms with Crippen LogP contribution in [0.4, 0.5) is 0 Å². The topological polar surface area (TPSA) is 26.3 Å². The van der Waals surface area contributed by atoms with Gasteiger partial charge >= 0.3 is 0 Å². The zero-order valence-corrected chi connectivity index (χ0v) is 14.1.